The molecule has 10 nitrogen and oxygen atoms in total. The molecule has 0 heterocycles. The molecule has 1 rings (SSSR count). The van der Waals surface area contributed by atoms with Crippen molar-refractivity contribution in [2.75, 3.05) is 20.3 Å². The minimum absolute atomic E-state index is 0.0125. The van der Waals surface area contributed by atoms with Crippen molar-refractivity contribution < 1.29 is 36.5 Å². The van der Waals surface area contributed by atoms with Crippen LogP contribution >= 0.6 is 7.82 Å². The molecule has 0 aromatic heterocycles. The maximum atomic E-state index is 12.0. The topological polar surface area (TPSA) is 162 Å². The summed E-state index contributed by atoms with van der Waals surface area (Å²) in [6.45, 7) is 0.649. The van der Waals surface area contributed by atoms with E-state index in [2.05, 4.69) is 9.84 Å². The van der Waals surface area contributed by atoms with Crippen molar-refractivity contribution in [3.05, 3.63) is 29.8 Å². The smallest absolute Gasteiger partial charge is 0.356 e. The lowest BCUT2D eigenvalue weighted by Crippen LogP contribution is -2.24. The molecule has 1 aromatic carbocycles. The van der Waals surface area contributed by atoms with E-state index in [1.807, 2.05) is 0 Å². The third-order valence-corrected chi connectivity index (χ3v) is 6.58. The van der Waals surface area contributed by atoms with Gasteiger partial charge in [-0.3, -0.25) is 18.6 Å². The van der Waals surface area contributed by atoms with Crippen LogP contribution in [-0.4, -0.2) is 45.3 Å². The van der Waals surface area contributed by atoms with Gasteiger partial charge in [-0.25, -0.2) is 18.1 Å². The van der Waals surface area contributed by atoms with Gasteiger partial charge in [0.2, 0.25) is 15.9 Å². The van der Waals surface area contributed by atoms with Crippen LogP contribution in [0.5, 0.6) is 0 Å². The summed E-state index contributed by atoms with van der Waals surface area (Å²) >= 11 is 0. The predicted octanol–water partition coefficient (Wildman–Crippen LogP) is 2.45. The Morgan fingerprint density at radius 1 is 1.03 bits per heavy atom. The highest BCUT2D eigenvalue weighted by Crippen LogP contribution is 2.41. The molecule has 1 aromatic rings. The van der Waals surface area contributed by atoms with Crippen LogP contribution in [0.15, 0.2) is 29.2 Å². The summed E-state index contributed by atoms with van der Waals surface area (Å²) in [5.41, 5.74) is 0.915. The number of Topliss-reactive ketones (excluding diaryl/α,β-unsaturated/α-hetero) is 1. The lowest BCUT2D eigenvalue weighted by molar-refractivity contribution is -0.125. The molecular formula is C20H33N2O8PS. The van der Waals surface area contributed by atoms with Crippen LogP contribution < -0.4 is 10.5 Å². The van der Waals surface area contributed by atoms with Crippen LogP contribution in [0.4, 0.5) is 0 Å². The zero-order valence-electron chi connectivity index (χ0n) is 18.3. The molecule has 0 spiro atoms. The van der Waals surface area contributed by atoms with E-state index in [1.54, 1.807) is 12.1 Å². The summed E-state index contributed by atoms with van der Waals surface area (Å²) in [7, 11) is -6.50. The van der Waals surface area contributed by atoms with E-state index in [-0.39, 0.29) is 36.0 Å². The number of nitrogens with two attached hydrogens (primary N) is 1. The van der Waals surface area contributed by atoms with Gasteiger partial charge in [-0.1, -0.05) is 25.0 Å². The number of amides is 1. The summed E-state index contributed by atoms with van der Waals surface area (Å²) < 4.78 is 42.5. The van der Waals surface area contributed by atoms with Crippen molar-refractivity contribution in [1.82, 2.24) is 5.32 Å². The van der Waals surface area contributed by atoms with Crippen molar-refractivity contribution in [2.45, 2.75) is 62.7 Å². The molecule has 0 saturated heterocycles. The van der Waals surface area contributed by atoms with Gasteiger partial charge in [-0.15, -0.1) is 0 Å². The number of hydrogen-bond acceptors (Lipinski definition) is 7. The van der Waals surface area contributed by atoms with Crippen molar-refractivity contribution in [3.8, 4) is 0 Å². The number of sulfonamides is 1. The zero-order valence-corrected chi connectivity index (χ0v) is 20.0. The van der Waals surface area contributed by atoms with Crippen LogP contribution in [0.2, 0.25) is 0 Å². The Bertz CT molecular complexity index is 874. The number of carbonyl (C=O) groups is 2. The molecule has 0 radical (unpaired) electrons. The molecule has 0 aliphatic heterocycles. The number of phosphoric acid groups is 1. The Balaban J connectivity index is 2.06. The van der Waals surface area contributed by atoms with Gasteiger partial charge in [0.1, 0.15) is 5.78 Å². The van der Waals surface area contributed by atoms with Crippen LogP contribution in [-0.2, 0) is 39.6 Å². The Labute approximate surface area is 189 Å². The summed E-state index contributed by atoms with van der Waals surface area (Å²) in [5.74, 6) is -0.153. The van der Waals surface area contributed by atoms with E-state index < -0.39 is 17.8 Å². The fraction of sp³-hybridized carbons (Fsp3) is 0.600. The molecule has 1 atom stereocenters. The largest absolute Gasteiger partial charge is 0.471 e. The van der Waals surface area contributed by atoms with Gasteiger partial charge in [0, 0.05) is 32.9 Å². The molecule has 0 saturated carbocycles. The number of aryl methyl sites for hydroxylation is 1. The zero-order chi connectivity index (χ0) is 24.0. The molecule has 32 heavy (non-hydrogen) atoms. The highest BCUT2D eigenvalue weighted by molar-refractivity contribution is 7.89. The first-order valence-electron chi connectivity index (χ1n) is 10.5. The second-order valence-electron chi connectivity index (χ2n) is 7.33. The van der Waals surface area contributed by atoms with Gasteiger partial charge in [0.05, 0.1) is 11.5 Å². The minimum atomic E-state index is -3.90. The molecule has 12 heteroatoms. The minimum Gasteiger partial charge on any atom is -0.356 e. The van der Waals surface area contributed by atoms with E-state index in [0.717, 1.165) is 31.9 Å². The van der Waals surface area contributed by atoms with E-state index in [9.17, 15) is 22.6 Å². The van der Waals surface area contributed by atoms with E-state index >= 15 is 0 Å². The Morgan fingerprint density at radius 3 is 2.31 bits per heavy atom. The molecule has 0 fully saturated rings. The number of nitrogens with one attached hydrogen (secondary N) is 1. The van der Waals surface area contributed by atoms with Gasteiger partial charge < -0.3 is 10.2 Å². The average Bonchev–Trinajstić information content (AvgIpc) is 2.74. The van der Waals surface area contributed by atoms with Crippen molar-refractivity contribution >= 4 is 29.5 Å². The number of benzene rings is 1. The average molecular weight is 493 g/mol. The highest BCUT2D eigenvalue weighted by Gasteiger charge is 2.17. The standard InChI is InChI=1S/C20H33N2O8PS/c1-29-31(25,26)30-16-5-3-2-4-15-22-20(24)14-11-18(23)8-6-7-17-9-12-19(13-10-17)32(21,27)28/h9-10,12-13H,2-8,11,14-16H2,1H3,(H,22,24)(H,25,26)(H2,21,27,28). The Hall–Kier alpha value is -1.62. The monoisotopic (exact) mass is 492 g/mol. The molecule has 0 aliphatic carbocycles. The first-order valence-corrected chi connectivity index (χ1v) is 13.5. The van der Waals surface area contributed by atoms with Crippen LogP contribution in [0.25, 0.3) is 0 Å². The van der Waals surface area contributed by atoms with Gasteiger partial charge in [0.15, 0.2) is 0 Å². The van der Waals surface area contributed by atoms with E-state index in [4.69, 9.17) is 14.6 Å². The normalized spacial score (nSPS) is 13.5. The summed E-state index contributed by atoms with van der Waals surface area (Å²) in [6.07, 6.45) is 4.97. The number of unbranched alkanes of at least 4 members (excludes halogenated alkanes) is 3. The quantitative estimate of drug-likeness (QED) is 0.221. The number of ketones is 1. The molecule has 182 valence electrons. The molecular weight excluding hydrogens is 459 g/mol. The van der Waals surface area contributed by atoms with Crippen LogP contribution in [0.1, 0.15) is 56.9 Å². The summed E-state index contributed by atoms with van der Waals surface area (Å²) in [4.78, 5) is 32.9. The summed E-state index contributed by atoms with van der Waals surface area (Å²) in [6, 6.07) is 6.24. The second kappa shape index (κ2) is 14.5. The number of primary sulfonamides is 1. The first-order chi connectivity index (χ1) is 15.0. The van der Waals surface area contributed by atoms with Gasteiger partial charge in [0.25, 0.3) is 0 Å². The Morgan fingerprint density at radius 2 is 1.69 bits per heavy atom. The third kappa shape index (κ3) is 13.0. The maximum absolute atomic E-state index is 12.0. The molecule has 1 unspecified atom stereocenters. The predicted molar refractivity (Wildman–Crippen MR) is 119 cm³/mol. The number of carbonyl (C=O) groups excluding carboxylic acids is 2. The highest BCUT2D eigenvalue weighted by atomic mass is 32.2. The molecule has 0 aliphatic rings. The van der Waals surface area contributed by atoms with Crippen LogP contribution in [0.3, 0.4) is 0 Å². The number of rotatable bonds is 17. The van der Waals surface area contributed by atoms with Crippen molar-refractivity contribution in [1.29, 1.82) is 0 Å². The van der Waals surface area contributed by atoms with Crippen molar-refractivity contribution in [3.63, 3.8) is 0 Å². The fourth-order valence-electron chi connectivity index (χ4n) is 2.84. The van der Waals surface area contributed by atoms with E-state index in [1.165, 1.54) is 12.1 Å². The molecule has 4 N–H and O–H groups in total. The first kappa shape index (κ1) is 28.4. The maximum Gasteiger partial charge on any atom is 0.471 e. The molecule has 0 bridgehead atoms. The lowest BCUT2D eigenvalue weighted by Gasteiger charge is -2.08. The SMILES string of the molecule is COP(=O)(O)OCCCCCCNC(=O)CCC(=O)CCCc1ccc(S(N)(=O)=O)cc1. The van der Waals surface area contributed by atoms with E-state index in [0.29, 0.717) is 32.2 Å². The lowest BCUT2D eigenvalue weighted by atomic mass is 10.0. The second-order valence-corrected chi connectivity index (χ2v) is 10.5. The Kier molecular flexibility index (Phi) is 12.9. The molecule has 1 amide bonds. The number of hydrogen-bond donors (Lipinski definition) is 3. The van der Waals surface area contributed by atoms with Gasteiger partial charge in [-0.05, 0) is 43.4 Å². The van der Waals surface area contributed by atoms with Crippen molar-refractivity contribution in [2.24, 2.45) is 5.14 Å². The summed E-state index contributed by atoms with van der Waals surface area (Å²) in [5, 5.41) is 7.83. The number of phosphoric ester groups is 1. The van der Waals surface area contributed by atoms with Gasteiger partial charge >= 0.3 is 7.82 Å². The third-order valence-electron chi connectivity index (χ3n) is 4.68. The van der Waals surface area contributed by atoms with Crippen LogP contribution in [0, 0.1) is 0 Å². The van der Waals surface area contributed by atoms with Gasteiger partial charge in [-0.2, -0.15) is 0 Å². The fourth-order valence-corrected chi connectivity index (χ4v) is 3.82.